The van der Waals surface area contributed by atoms with Crippen LogP contribution in [0.25, 0.3) is 10.8 Å². The van der Waals surface area contributed by atoms with Gasteiger partial charge in [0.1, 0.15) is 0 Å². The molecular weight excluding hydrogens is 169 g/mol. The highest BCUT2D eigenvalue weighted by Crippen LogP contribution is 2.27. The lowest BCUT2D eigenvalue weighted by molar-refractivity contribution is 0.392. The van der Waals surface area contributed by atoms with Crippen LogP contribution in [0, 0.1) is 5.82 Å². The molecule has 0 unspecified atom stereocenters. The second-order valence-corrected chi connectivity index (χ2v) is 2.68. The van der Waals surface area contributed by atoms with E-state index in [1.54, 1.807) is 24.5 Å². The molecule has 0 radical (unpaired) electrons. The minimum atomic E-state index is -0.346. The van der Waals surface area contributed by atoms with E-state index in [2.05, 4.69) is 4.98 Å². The number of ether oxygens (including phenoxy) is 1. The fourth-order valence-electron chi connectivity index (χ4n) is 1.32. The van der Waals surface area contributed by atoms with E-state index in [4.69, 9.17) is 4.74 Å². The van der Waals surface area contributed by atoms with Crippen molar-refractivity contribution in [3.8, 4) is 5.75 Å². The largest absolute Gasteiger partial charge is 0.493 e. The number of halogens is 1. The lowest BCUT2D eigenvalue weighted by atomic mass is 10.1. The van der Waals surface area contributed by atoms with Crippen LogP contribution in [0.3, 0.4) is 0 Å². The van der Waals surface area contributed by atoms with Crippen LogP contribution in [0.2, 0.25) is 0 Å². The van der Waals surface area contributed by atoms with Crippen molar-refractivity contribution in [3.05, 3.63) is 36.4 Å². The fraction of sp³-hybridized carbons (Fsp3) is 0.100. The highest BCUT2D eigenvalue weighted by Gasteiger charge is 2.06. The Kier molecular flexibility index (Phi) is 1.85. The number of rotatable bonds is 1. The van der Waals surface area contributed by atoms with Crippen LogP contribution in [0.5, 0.6) is 5.75 Å². The van der Waals surface area contributed by atoms with Crippen LogP contribution in [0.1, 0.15) is 0 Å². The summed E-state index contributed by atoms with van der Waals surface area (Å²) in [6.45, 7) is 0. The van der Waals surface area contributed by atoms with Gasteiger partial charge in [-0.25, -0.2) is 4.39 Å². The first kappa shape index (κ1) is 7.98. The van der Waals surface area contributed by atoms with Gasteiger partial charge in [0.15, 0.2) is 11.6 Å². The minimum Gasteiger partial charge on any atom is -0.493 e. The van der Waals surface area contributed by atoms with Gasteiger partial charge in [0.05, 0.1) is 7.11 Å². The van der Waals surface area contributed by atoms with Gasteiger partial charge in [-0.05, 0) is 18.2 Å². The molecule has 0 aliphatic rings. The first-order valence-corrected chi connectivity index (χ1v) is 3.89. The fourth-order valence-corrected chi connectivity index (χ4v) is 1.32. The Morgan fingerprint density at radius 2 is 2.15 bits per heavy atom. The molecule has 0 atom stereocenters. The first-order chi connectivity index (χ1) is 6.33. The van der Waals surface area contributed by atoms with Crippen molar-refractivity contribution in [2.75, 3.05) is 7.11 Å². The molecule has 1 aromatic heterocycles. The summed E-state index contributed by atoms with van der Waals surface area (Å²) in [5, 5.41) is 1.62. The second kappa shape index (κ2) is 3.01. The van der Waals surface area contributed by atoms with Gasteiger partial charge in [-0.15, -0.1) is 0 Å². The van der Waals surface area contributed by atoms with Crippen LogP contribution < -0.4 is 4.74 Å². The van der Waals surface area contributed by atoms with E-state index in [0.717, 1.165) is 10.8 Å². The van der Waals surface area contributed by atoms with Crippen LogP contribution >= 0.6 is 0 Å². The Morgan fingerprint density at radius 3 is 2.92 bits per heavy atom. The van der Waals surface area contributed by atoms with Crippen LogP contribution in [0.4, 0.5) is 4.39 Å². The van der Waals surface area contributed by atoms with Crippen LogP contribution in [0.15, 0.2) is 30.6 Å². The Balaban J connectivity index is 2.84. The van der Waals surface area contributed by atoms with E-state index in [1.165, 1.54) is 13.2 Å². The minimum absolute atomic E-state index is 0.278. The predicted molar refractivity (Wildman–Crippen MR) is 48.3 cm³/mol. The zero-order chi connectivity index (χ0) is 9.26. The number of benzene rings is 1. The van der Waals surface area contributed by atoms with Gasteiger partial charge in [-0.1, -0.05) is 0 Å². The van der Waals surface area contributed by atoms with Gasteiger partial charge < -0.3 is 4.74 Å². The third-order valence-electron chi connectivity index (χ3n) is 1.93. The third-order valence-corrected chi connectivity index (χ3v) is 1.93. The number of hydrogen-bond donors (Lipinski definition) is 0. The van der Waals surface area contributed by atoms with Crippen molar-refractivity contribution in [2.24, 2.45) is 0 Å². The van der Waals surface area contributed by atoms with E-state index in [9.17, 15) is 4.39 Å². The molecular formula is C10H8FNO. The smallest absolute Gasteiger partial charge is 0.165 e. The number of pyridine rings is 1. The maximum Gasteiger partial charge on any atom is 0.165 e. The Labute approximate surface area is 75.0 Å². The molecule has 2 rings (SSSR count). The highest BCUT2D eigenvalue weighted by molar-refractivity contribution is 5.87. The van der Waals surface area contributed by atoms with E-state index in [0.29, 0.717) is 0 Å². The Hall–Kier alpha value is -1.64. The molecule has 2 nitrogen and oxygen atoms in total. The topological polar surface area (TPSA) is 22.1 Å². The van der Waals surface area contributed by atoms with Gasteiger partial charge in [0.2, 0.25) is 0 Å². The third kappa shape index (κ3) is 1.22. The molecule has 3 heteroatoms. The van der Waals surface area contributed by atoms with Gasteiger partial charge >= 0.3 is 0 Å². The molecule has 0 saturated heterocycles. The van der Waals surface area contributed by atoms with Gasteiger partial charge in [-0.2, -0.15) is 0 Å². The number of aromatic nitrogens is 1. The maximum atomic E-state index is 13.2. The molecule has 0 bridgehead atoms. The first-order valence-electron chi connectivity index (χ1n) is 3.89. The predicted octanol–water partition coefficient (Wildman–Crippen LogP) is 2.38. The zero-order valence-corrected chi connectivity index (χ0v) is 7.12. The molecule has 1 heterocycles. The van der Waals surface area contributed by atoms with Crippen LogP contribution in [-0.2, 0) is 0 Å². The van der Waals surface area contributed by atoms with Gasteiger partial charge in [0.25, 0.3) is 0 Å². The molecule has 0 saturated carbocycles. The molecule has 66 valence electrons. The lowest BCUT2D eigenvalue weighted by Crippen LogP contribution is -1.89. The molecule has 13 heavy (non-hydrogen) atoms. The second-order valence-electron chi connectivity index (χ2n) is 2.68. The Bertz CT molecular complexity index is 442. The summed E-state index contributed by atoms with van der Waals surface area (Å²) in [6.07, 6.45) is 3.29. The molecule has 0 spiro atoms. The molecule has 0 amide bonds. The summed E-state index contributed by atoms with van der Waals surface area (Å²) in [5.74, 6) is -0.0684. The monoisotopic (exact) mass is 177 g/mol. The number of hydrogen-bond acceptors (Lipinski definition) is 2. The van der Waals surface area contributed by atoms with E-state index >= 15 is 0 Å². The van der Waals surface area contributed by atoms with E-state index in [1.807, 2.05) is 0 Å². The van der Waals surface area contributed by atoms with Crippen molar-refractivity contribution in [1.82, 2.24) is 4.98 Å². The van der Waals surface area contributed by atoms with E-state index in [-0.39, 0.29) is 11.6 Å². The average Bonchev–Trinajstić information content (AvgIpc) is 2.18. The standard InChI is InChI=1S/C10H8FNO/c1-13-10-8-4-5-12-6-7(8)2-3-9(10)11/h2-6H,1H3. The Morgan fingerprint density at radius 1 is 1.31 bits per heavy atom. The van der Waals surface area contributed by atoms with Crippen molar-refractivity contribution >= 4 is 10.8 Å². The molecule has 0 fully saturated rings. The summed E-state index contributed by atoms with van der Waals surface area (Å²) in [4.78, 5) is 3.94. The van der Waals surface area contributed by atoms with Crippen LogP contribution in [-0.4, -0.2) is 12.1 Å². The zero-order valence-electron chi connectivity index (χ0n) is 7.12. The average molecular weight is 177 g/mol. The summed E-state index contributed by atoms with van der Waals surface area (Å²) < 4.78 is 18.1. The highest BCUT2D eigenvalue weighted by atomic mass is 19.1. The summed E-state index contributed by atoms with van der Waals surface area (Å²) >= 11 is 0. The SMILES string of the molecule is COc1c(F)ccc2cnccc12. The number of nitrogens with zero attached hydrogens (tertiary/aromatic N) is 1. The number of methoxy groups -OCH3 is 1. The molecule has 0 aliphatic heterocycles. The van der Waals surface area contributed by atoms with Gasteiger partial charge in [-0.3, -0.25) is 4.98 Å². The summed E-state index contributed by atoms with van der Waals surface area (Å²) in [6, 6.07) is 4.79. The maximum absolute atomic E-state index is 13.2. The molecule has 2 aromatic rings. The van der Waals surface area contributed by atoms with E-state index < -0.39 is 0 Å². The molecule has 0 aliphatic carbocycles. The summed E-state index contributed by atoms with van der Waals surface area (Å²) in [5.41, 5.74) is 0. The van der Waals surface area contributed by atoms with Gasteiger partial charge in [0, 0.05) is 23.2 Å². The quantitative estimate of drug-likeness (QED) is 0.667. The molecule has 0 N–H and O–H groups in total. The lowest BCUT2D eigenvalue weighted by Gasteiger charge is -2.05. The van der Waals surface area contributed by atoms with Crippen molar-refractivity contribution in [3.63, 3.8) is 0 Å². The number of fused-ring (bicyclic) bond motifs is 1. The van der Waals surface area contributed by atoms with Crippen molar-refractivity contribution in [2.45, 2.75) is 0 Å². The normalized spacial score (nSPS) is 10.3. The summed E-state index contributed by atoms with van der Waals surface area (Å²) in [7, 11) is 1.46. The van der Waals surface area contributed by atoms with Crippen molar-refractivity contribution in [1.29, 1.82) is 0 Å². The van der Waals surface area contributed by atoms with Crippen molar-refractivity contribution < 1.29 is 9.13 Å². The molecule has 1 aromatic carbocycles.